The maximum Gasteiger partial charge on any atom is 0.119 e. The molecular formula is C17H19N3OS. The van der Waals surface area contributed by atoms with Crippen LogP contribution in [0.3, 0.4) is 0 Å². The molecule has 0 fully saturated rings. The number of aromatic amines is 1. The first-order chi connectivity index (χ1) is 10.8. The fourth-order valence-corrected chi connectivity index (χ4v) is 3.23. The van der Waals surface area contributed by atoms with Gasteiger partial charge in [0.1, 0.15) is 5.75 Å². The van der Waals surface area contributed by atoms with E-state index < -0.39 is 0 Å². The van der Waals surface area contributed by atoms with Gasteiger partial charge in [-0.25, -0.2) is 0 Å². The zero-order valence-electron chi connectivity index (χ0n) is 12.7. The number of aryl methyl sites for hydroxylation is 1. The normalized spacial score (nSPS) is 10.8. The Morgan fingerprint density at radius 3 is 2.91 bits per heavy atom. The molecule has 0 bridgehead atoms. The quantitative estimate of drug-likeness (QED) is 0.729. The van der Waals surface area contributed by atoms with Gasteiger partial charge in [-0.2, -0.15) is 5.10 Å². The topological polar surface area (TPSA) is 49.9 Å². The van der Waals surface area contributed by atoms with E-state index in [1.54, 1.807) is 7.11 Å². The van der Waals surface area contributed by atoms with Crippen molar-refractivity contribution in [2.45, 2.75) is 20.0 Å². The number of rotatable bonds is 6. The third-order valence-corrected chi connectivity index (χ3v) is 4.49. The molecule has 0 atom stereocenters. The average molecular weight is 313 g/mol. The smallest absolute Gasteiger partial charge is 0.119 e. The third-order valence-electron chi connectivity index (χ3n) is 3.49. The number of ether oxygens (including phenoxy) is 1. The minimum Gasteiger partial charge on any atom is -0.497 e. The van der Waals surface area contributed by atoms with Gasteiger partial charge in [-0.15, -0.1) is 11.3 Å². The Morgan fingerprint density at radius 2 is 2.14 bits per heavy atom. The van der Waals surface area contributed by atoms with Crippen molar-refractivity contribution < 1.29 is 4.74 Å². The van der Waals surface area contributed by atoms with E-state index in [2.05, 4.69) is 40.6 Å². The zero-order chi connectivity index (χ0) is 15.4. The summed E-state index contributed by atoms with van der Waals surface area (Å²) in [5.74, 6) is 0.847. The highest BCUT2D eigenvalue weighted by molar-refractivity contribution is 7.11. The Labute approximate surface area is 134 Å². The fraction of sp³-hybridized carbons (Fsp3) is 0.235. The van der Waals surface area contributed by atoms with Gasteiger partial charge in [0.15, 0.2) is 0 Å². The Morgan fingerprint density at radius 1 is 1.23 bits per heavy atom. The summed E-state index contributed by atoms with van der Waals surface area (Å²) in [5.41, 5.74) is 3.27. The van der Waals surface area contributed by atoms with Gasteiger partial charge in [0.05, 0.1) is 19.0 Å². The van der Waals surface area contributed by atoms with Crippen LogP contribution in [0, 0.1) is 6.92 Å². The number of nitrogens with zero attached hydrogens (tertiary/aromatic N) is 1. The highest BCUT2D eigenvalue weighted by Gasteiger charge is 2.08. The first kappa shape index (κ1) is 14.8. The maximum atomic E-state index is 5.29. The van der Waals surface area contributed by atoms with Crippen molar-refractivity contribution in [3.05, 3.63) is 57.9 Å². The monoisotopic (exact) mass is 313 g/mol. The van der Waals surface area contributed by atoms with Crippen LogP contribution < -0.4 is 10.1 Å². The lowest BCUT2D eigenvalue weighted by atomic mass is 10.1. The van der Waals surface area contributed by atoms with E-state index in [1.165, 1.54) is 9.75 Å². The van der Waals surface area contributed by atoms with Crippen LogP contribution in [0.15, 0.2) is 42.6 Å². The lowest BCUT2D eigenvalue weighted by molar-refractivity contribution is 0.415. The molecule has 0 spiro atoms. The van der Waals surface area contributed by atoms with Crippen LogP contribution in [0.4, 0.5) is 0 Å². The molecule has 4 nitrogen and oxygen atoms in total. The average Bonchev–Trinajstić information content (AvgIpc) is 3.16. The molecule has 0 saturated carbocycles. The summed E-state index contributed by atoms with van der Waals surface area (Å²) >= 11 is 1.83. The van der Waals surface area contributed by atoms with E-state index in [0.717, 1.165) is 35.7 Å². The second-order valence-electron chi connectivity index (χ2n) is 5.12. The van der Waals surface area contributed by atoms with Crippen LogP contribution in [0.5, 0.6) is 5.75 Å². The molecule has 0 radical (unpaired) electrons. The van der Waals surface area contributed by atoms with Crippen molar-refractivity contribution in [3.63, 3.8) is 0 Å². The minimum absolute atomic E-state index is 0.778. The van der Waals surface area contributed by atoms with E-state index in [9.17, 15) is 0 Å². The van der Waals surface area contributed by atoms with E-state index in [1.807, 2.05) is 35.7 Å². The van der Waals surface area contributed by atoms with Gasteiger partial charge in [0, 0.05) is 34.0 Å². The SMILES string of the molecule is COc1cccc(-c2[nH]ncc2CNCc2ccc(C)s2)c1. The lowest BCUT2D eigenvalue weighted by Crippen LogP contribution is -2.11. The summed E-state index contributed by atoms with van der Waals surface area (Å²) in [5, 5.41) is 10.7. The number of aromatic nitrogens is 2. The second kappa shape index (κ2) is 6.77. The standard InChI is InChI=1S/C17H19N3OS/c1-12-6-7-16(22-12)11-18-9-14-10-19-20-17(14)13-4-3-5-15(8-13)21-2/h3-8,10,18H,9,11H2,1-2H3,(H,19,20). The van der Waals surface area contributed by atoms with Crippen molar-refractivity contribution in [1.29, 1.82) is 0 Å². The Balaban J connectivity index is 1.69. The molecule has 0 aliphatic heterocycles. The molecule has 1 aromatic carbocycles. The van der Waals surface area contributed by atoms with Crippen LogP contribution >= 0.6 is 11.3 Å². The van der Waals surface area contributed by atoms with Crippen LogP contribution in [0.2, 0.25) is 0 Å². The summed E-state index contributed by atoms with van der Waals surface area (Å²) in [6, 6.07) is 12.3. The van der Waals surface area contributed by atoms with Crippen LogP contribution in [0.25, 0.3) is 11.3 Å². The van der Waals surface area contributed by atoms with Gasteiger partial charge in [0.25, 0.3) is 0 Å². The molecule has 0 saturated heterocycles. The zero-order valence-corrected chi connectivity index (χ0v) is 13.5. The van der Waals surface area contributed by atoms with Crippen molar-refractivity contribution in [1.82, 2.24) is 15.5 Å². The molecule has 3 rings (SSSR count). The Kier molecular flexibility index (Phi) is 4.56. The minimum atomic E-state index is 0.778. The Bertz CT molecular complexity index is 748. The summed E-state index contributed by atoms with van der Waals surface area (Å²) in [6.07, 6.45) is 1.88. The summed E-state index contributed by atoms with van der Waals surface area (Å²) in [7, 11) is 1.68. The maximum absolute atomic E-state index is 5.29. The Hall–Kier alpha value is -2.11. The molecule has 2 heterocycles. The molecule has 0 unspecified atom stereocenters. The summed E-state index contributed by atoms with van der Waals surface area (Å²) in [6.45, 7) is 3.78. The van der Waals surface area contributed by atoms with Crippen molar-refractivity contribution in [3.8, 4) is 17.0 Å². The van der Waals surface area contributed by atoms with Gasteiger partial charge in [-0.1, -0.05) is 12.1 Å². The molecule has 2 aromatic heterocycles. The second-order valence-corrected chi connectivity index (χ2v) is 6.49. The van der Waals surface area contributed by atoms with E-state index in [0.29, 0.717) is 0 Å². The fourth-order valence-electron chi connectivity index (χ4n) is 2.37. The first-order valence-corrected chi connectivity index (χ1v) is 8.00. The number of benzene rings is 1. The molecule has 0 aliphatic carbocycles. The molecule has 22 heavy (non-hydrogen) atoms. The van der Waals surface area contributed by atoms with Crippen molar-refractivity contribution in [2.24, 2.45) is 0 Å². The van der Waals surface area contributed by atoms with Gasteiger partial charge in [-0.05, 0) is 31.2 Å². The molecule has 3 aromatic rings. The summed E-state index contributed by atoms with van der Waals surface area (Å²) < 4.78 is 5.29. The number of hydrogen-bond donors (Lipinski definition) is 2. The molecule has 0 aliphatic rings. The predicted octanol–water partition coefficient (Wildman–Crippen LogP) is 3.75. The predicted molar refractivity (Wildman–Crippen MR) is 90.2 cm³/mol. The van der Waals surface area contributed by atoms with E-state index in [4.69, 9.17) is 4.74 Å². The highest BCUT2D eigenvalue weighted by Crippen LogP contribution is 2.25. The lowest BCUT2D eigenvalue weighted by Gasteiger charge is -2.06. The molecule has 5 heteroatoms. The number of nitrogens with one attached hydrogen (secondary N) is 2. The van der Waals surface area contributed by atoms with E-state index >= 15 is 0 Å². The number of H-pyrrole nitrogens is 1. The first-order valence-electron chi connectivity index (χ1n) is 7.19. The highest BCUT2D eigenvalue weighted by atomic mass is 32.1. The number of methoxy groups -OCH3 is 1. The molecule has 114 valence electrons. The van der Waals surface area contributed by atoms with Gasteiger partial charge >= 0.3 is 0 Å². The number of thiophene rings is 1. The van der Waals surface area contributed by atoms with Gasteiger partial charge in [0.2, 0.25) is 0 Å². The number of hydrogen-bond acceptors (Lipinski definition) is 4. The van der Waals surface area contributed by atoms with Crippen LogP contribution in [-0.2, 0) is 13.1 Å². The van der Waals surface area contributed by atoms with Gasteiger partial charge < -0.3 is 10.1 Å². The molecular weight excluding hydrogens is 294 g/mol. The van der Waals surface area contributed by atoms with Gasteiger partial charge in [-0.3, -0.25) is 5.10 Å². The molecule has 2 N–H and O–H groups in total. The van der Waals surface area contributed by atoms with Crippen molar-refractivity contribution >= 4 is 11.3 Å². The van der Waals surface area contributed by atoms with E-state index in [-0.39, 0.29) is 0 Å². The van der Waals surface area contributed by atoms with Crippen LogP contribution in [0.1, 0.15) is 15.3 Å². The van der Waals surface area contributed by atoms with Crippen molar-refractivity contribution in [2.75, 3.05) is 7.11 Å². The largest absolute Gasteiger partial charge is 0.497 e. The summed E-state index contributed by atoms with van der Waals surface area (Å²) in [4.78, 5) is 2.70. The molecule has 0 amide bonds. The van der Waals surface area contributed by atoms with Crippen LogP contribution in [-0.4, -0.2) is 17.3 Å². The third kappa shape index (κ3) is 3.37.